The molecule has 0 spiro atoms. The van der Waals surface area contributed by atoms with Crippen molar-refractivity contribution in [3.05, 3.63) is 140 Å². The van der Waals surface area contributed by atoms with E-state index in [1.54, 1.807) is 11.3 Å². The molecule has 5 heteroatoms. The summed E-state index contributed by atoms with van der Waals surface area (Å²) in [6.07, 6.45) is 0. The van der Waals surface area contributed by atoms with Crippen LogP contribution in [0.5, 0.6) is 0 Å². The molecule has 46 heavy (non-hydrogen) atoms. The van der Waals surface area contributed by atoms with Gasteiger partial charge in [-0.05, 0) is 46.5 Å². The highest BCUT2D eigenvalue weighted by molar-refractivity contribution is 7.26. The molecule has 4 nitrogen and oxygen atoms in total. The molecular formula is C41H23N3OS. The number of hydrogen-bond donors (Lipinski definition) is 0. The van der Waals surface area contributed by atoms with Crippen LogP contribution in [-0.2, 0) is 0 Å². The van der Waals surface area contributed by atoms with Crippen molar-refractivity contribution in [3.8, 4) is 34.2 Å². The number of nitrogens with zero attached hydrogens (tertiary/aromatic N) is 3. The molecule has 0 saturated heterocycles. The molecule has 10 aromatic rings. The fourth-order valence-corrected chi connectivity index (χ4v) is 7.99. The van der Waals surface area contributed by atoms with Gasteiger partial charge in [0, 0.05) is 53.0 Å². The van der Waals surface area contributed by atoms with Gasteiger partial charge in [-0.25, -0.2) is 15.0 Å². The summed E-state index contributed by atoms with van der Waals surface area (Å²) < 4.78 is 8.67. The van der Waals surface area contributed by atoms with Gasteiger partial charge in [0.15, 0.2) is 17.5 Å². The first kappa shape index (κ1) is 25.4. The van der Waals surface area contributed by atoms with Crippen LogP contribution in [-0.4, -0.2) is 15.0 Å². The van der Waals surface area contributed by atoms with Gasteiger partial charge in [0.2, 0.25) is 0 Å². The van der Waals surface area contributed by atoms with E-state index in [1.165, 1.54) is 36.3 Å². The van der Waals surface area contributed by atoms with Crippen LogP contribution in [0.3, 0.4) is 0 Å². The number of benzene rings is 7. The van der Waals surface area contributed by atoms with Gasteiger partial charge in [-0.15, -0.1) is 11.3 Å². The number of aromatic nitrogens is 3. The first-order valence-corrected chi connectivity index (χ1v) is 16.1. The van der Waals surface area contributed by atoms with Gasteiger partial charge < -0.3 is 4.42 Å². The Labute approximate surface area is 267 Å². The second-order valence-corrected chi connectivity index (χ2v) is 12.6. The quantitative estimate of drug-likeness (QED) is 0.188. The van der Waals surface area contributed by atoms with E-state index in [1.807, 2.05) is 30.3 Å². The maximum atomic E-state index is 6.24. The number of para-hydroxylation sites is 1. The molecule has 3 aromatic heterocycles. The molecule has 214 valence electrons. The number of thiophene rings is 1. The van der Waals surface area contributed by atoms with Crippen molar-refractivity contribution in [2.24, 2.45) is 0 Å². The van der Waals surface area contributed by atoms with E-state index in [4.69, 9.17) is 19.4 Å². The molecule has 0 atom stereocenters. The van der Waals surface area contributed by atoms with Crippen molar-refractivity contribution in [1.82, 2.24) is 15.0 Å². The second-order valence-electron chi connectivity index (χ2n) is 11.6. The largest absolute Gasteiger partial charge is 0.456 e. The zero-order valence-corrected chi connectivity index (χ0v) is 25.3. The highest BCUT2D eigenvalue weighted by Gasteiger charge is 2.18. The lowest BCUT2D eigenvalue weighted by molar-refractivity contribution is 0.669. The molecular weight excluding hydrogens is 583 g/mol. The maximum Gasteiger partial charge on any atom is 0.165 e. The van der Waals surface area contributed by atoms with E-state index in [-0.39, 0.29) is 0 Å². The third kappa shape index (κ3) is 3.82. The Hall–Kier alpha value is -5.91. The molecule has 0 fully saturated rings. The lowest BCUT2D eigenvalue weighted by Crippen LogP contribution is -2.00. The van der Waals surface area contributed by atoms with E-state index < -0.39 is 0 Å². The van der Waals surface area contributed by atoms with Gasteiger partial charge in [0.05, 0.1) is 0 Å². The maximum absolute atomic E-state index is 6.24. The summed E-state index contributed by atoms with van der Waals surface area (Å²) in [6.45, 7) is 0. The van der Waals surface area contributed by atoms with Crippen LogP contribution in [0.4, 0.5) is 0 Å². The Balaban J connectivity index is 1.21. The molecule has 0 saturated carbocycles. The molecule has 0 bridgehead atoms. The van der Waals surface area contributed by atoms with Gasteiger partial charge in [0.25, 0.3) is 0 Å². The zero-order chi connectivity index (χ0) is 30.2. The van der Waals surface area contributed by atoms with E-state index >= 15 is 0 Å². The van der Waals surface area contributed by atoms with Crippen molar-refractivity contribution in [2.45, 2.75) is 0 Å². The summed E-state index contributed by atoms with van der Waals surface area (Å²) in [5.41, 5.74) is 4.71. The average Bonchev–Trinajstić information content (AvgIpc) is 3.70. The number of hydrogen-bond acceptors (Lipinski definition) is 5. The molecule has 10 rings (SSSR count). The molecule has 7 aromatic carbocycles. The number of rotatable bonds is 3. The summed E-state index contributed by atoms with van der Waals surface area (Å²) in [5, 5.41) is 9.43. The van der Waals surface area contributed by atoms with Gasteiger partial charge in [-0.2, -0.15) is 0 Å². The first-order chi connectivity index (χ1) is 22.8. The van der Waals surface area contributed by atoms with Gasteiger partial charge in [-0.1, -0.05) is 109 Å². The highest BCUT2D eigenvalue weighted by atomic mass is 32.1. The Morgan fingerprint density at radius 2 is 1.15 bits per heavy atom. The Kier molecular flexibility index (Phi) is 5.41. The predicted octanol–water partition coefficient (Wildman–Crippen LogP) is 11.4. The summed E-state index contributed by atoms with van der Waals surface area (Å²) >= 11 is 1.78. The lowest BCUT2D eigenvalue weighted by Gasteiger charge is -2.11. The zero-order valence-electron chi connectivity index (χ0n) is 24.4. The Morgan fingerprint density at radius 1 is 0.435 bits per heavy atom. The number of furan rings is 1. The molecule has 0 N–H and O–H groups in total. The molecule has 0 aliphatic carbocycles. The number of fused-ring (bicyclic) bond motifs is 10. The minimum Gasteiger partial charge on any atom is -0.456 e. The molecule has 0 unspecified atom stereocenters. The standard InChI is InChI=1S/C41H23N3OS/c1-2-9-25(10-3-1)39-42-40(44-41(43-39)32-14-8-13-30-29-11-5-7-16-35(29)46-38(30)32)27-19-21-28-26(23-27)18-17-24-20-22-34-37(36(24)28)31-12-4-6-15-33(31)45-34/h1-23H. The smallest absolute Gasteiger partial charge is 0.165 e. The predicted molar refractivity (Wildman–Crippen MR) is 191 cm³/mol. The van der Waals surface area contributed by atoms with Crippen molar-refractivity contribution in [1.29, 1.82) is 0 Å². The van der Waals surface area contributed by atoms with Crippen molar-refractivity contribution in [3.63, 3.8) is 0 Å². The van der Waals surface area contributed by atoms with Gasteiger partial charge in [-0.3, -0.25) is 0 Å². The summed E-state index contributed by atoms with van der Waals surface area (Å²) in [6, 6.07) is 48.5. The SMILES string of the molecule is c1ccc(-c2nc(-c3ccc4c(ccc5ccc6oc7ccccc7c6c54)c3)nc(-c3cccc4c3sc3ccccc34)n2)cc1. The summed E-state index contributed by atoms with van der Waals surface area (Å²) in [4.78, 5) is 15.2. The minimum atomic E-state index is 0.649. The van der Waals surface area contributed by atoms with E-state index in [9.17, 15) is 0 Å². The fraction of sp³-hybridized carbons (Fsp3) is 0. The summed E-state index contributed by atoms with van der Waals surface area (Å²) in [7, 11) is 0. The van der Waals surface area contributed by atoms with Crippen molar-refractivity contribution in [2.75, 3.05) is 0 Å². The van der Waals surface area contributed by atoms with Crippen molar-refractivity contribution >= 4 is 75.0 Å². The minimum absolute atomic E-state index is 0.649. The molecule has 0 amide bonds. The fourth-order valence-electron chi connectivity index (χ4n) is 6.77. The van der Waals surface area contributed by atoms with Crippen LogP contribution in [0, 0.1) is 0 Å². The third-order valence-electron chi connectivity index (χ3n) is 8.91. The van der Waals surface area contributed by atoms with Gasteiger partial charge in [0.1, 0.15) is 11.2 Å². The monoisotopic (exact) mass is 605 g/mol. The summed E-state index contributed by atoms with van der Waals surface area (Å²) in [5.74, 6) is 1.98. The molecule has 0 radical (unpaired) electrons. The topological polar surface area (TPSA) is 51.8 Å². The third-order valence-corrected chi connectivity index (χ3v) is 10.1. The lowest BCUT2D eigenvalue weighted by atomic mass is 9.96. The Morgan fingerprint density at radius 3 is 2.07 bits per heavy atom. The van der Waals surface area contributed by atoms with Gasteiger partial charge >= 0.3 is 0 Å². The van der Waals surface area contributed by atoms with Crippen LogP contribution in [0.15, 0.2) is 144 Å². The normalized spacial score (nSPS) is 11.9. The van der Waals surface area contributed by atoms with E-state index in [0.29, 0.717) is 17.5 Å². The first-order valence-electron chi connectivity index (χ1n) is 15.3. The highest BCUT2D eigenvalue weighted by Crippen LogP contribution is 2.41. The van der Waals surface area contributed by atoms with Crippen LogP contribution < -0.4 is 0 Å². The second kappa shape index (κ2) is 9.80. The molecule has 3 heterocycles. The van der Waals surface area contributed by atoms with Crippen molar-refractivity contribution < 1.29 is 4.42 Å². The van der Waals surface area contributed by atoms with E-state index in [2.05, 4.69) is 109 Å². The van der Waals surface area contributed by atoms with Crippen LogP contribution in [0.2, 0.25) is 0 Å². The van der Waals surface area contributed by atoms with Crippen LogP contribution in [0.25, 0.3) is 97.8 Å². The molecule has 0 aliphatic rings. The molecule has 0 aliphatic heterocycles. The van der Waals surface area contributed by atoms with Crippen LogP contribution >= 0.6 is 11.3 Å². The van der Waals surface area contributed by atoms with Crippen LogP contribution in [0.1, 0.15) is 0 Å². The average molecular weight is 606 g/mol. The Bertz CT molecular complexity index is 2820. The van der Waals surface area contributed by atoms with E-state index in [0.717, 1.165) is 44.0 Å².